The lowest BCUT2D eigenvalue weighted by atomic mass is 9.79. The molecule has 1 heterocycles. The quantitative estimate of drug-likeness (QED) is 0.812. The van der Waals surface area contributed by atoms with E-state index in [0.717, 1.165) is 6.07 Å². The van der Waals surface area contributed by atoms with Crippen LogP contribution in [-0.2, 0) is 22.3 Å². The minimum atomic E-state index is -4.55. The topological polar surface area (TPSA) is 73.6 Å². The Morgan fingerprint density at radius 2 is 1.89 bits per heavy atom. The average Bonchev–Trinajstić information content (AvgIpc) is 2.58. The van der Waals surface area contributed by atoms with Crippen LogP contribution in [0.3, 0.4) is 0 Å². The van der Waals surface area contributed by atoms with Crippen LogP contribution in [0.4, 0.5) is 13.2 Å². The Bertz CT molecular complexity index is 663. The summed E-state index contributed by atoms with van der Waals surface area (Å²) < 4.78 is 51.2. The van der Waals surface area contributed by atoms with Gasteiger partial charge in [0.15, 0.2) is 0 Å². The van der Waals surface area contributed by atoms with E-state index in [9.17, 15) is 18.0 Å². The van der Waals surface area contributed by atoms with Crippen molar-refractivity contribution in [2.45, 2.75) is 51.9 Å². The maximum atomic E-state index is 13.5. The van der Waals surface area contributed by atoms with E-state index in [-0.39, 0.29) is 30.3 Å². The summed E-state index contributed by atoms with van der Waals surface area (Å²) in [6.07, 6.45) is -3.64. The van der Waals surface area contributed by atoms with Crippen LogP contribution in [0.15, 0.2) is 18.2 Å². The molecule has 8 heteroatoms. The Hall–Kier alpha value is -1.80. The van der Waals surface area contributed by atoms with Crippen molar-refractivity contribution in [3.05, 3.63) is 29.3 Å². The molecule has 1 fully saturated rings. The van der Waals surface area contributed by atoms with Gasteiger partial charge in [-0.1, -0.05) is 6.07 Å². The van der Waals surface area contributed by atoms with Crippen LogP contribution in [-0.4, -0.2) is 31.3 Å². The van der Waals surface area contributed by atoms with Gasteiger partial charge in [-0.15, -0.1) is 0 Å². The first-order valence-corrected chi connectivity index (χ1v) is 8.92. The standard InChI is InChI=1S/C19H27F3N2O3/c1-17(2,3)27-14-5-4-13(15(10-14)19(20,21)22)11-24-16(25)18(12-23)6-8-26-9-7-18/h4-5,10H,6-9,11-12,23H2,1-3H3,(H,24,25). The zero-order valence-corrected chi connectivity index (χ0v) is 15.9. The largest absolute Gasteiger partial charge is 0.488 e. The Labute approximate surface area is 157 Å². The molecule has 1 aliphatic heterocycles. The number of ether oxygens (including phenoxy) is 2. The molecule has 1 aromatic rings. The van der Waals surface area contributed by atoms with Gasteiger partial charge in [0, 0.05) is 26.3 Å². The van der Waals surface area contributed by atoms with Crippen LogP contribution in [0.5, 0.6) is 5.75 Å². The van der Waals surface area contributed by atoms with Crippen LogP contribution in [0.1, 0.15) is 44.7 Å². The minimum Gasteiger partial charge on any atom is -0.488 e. The molecule has 1 saturated heterocycles. The molecular weight excluding hydrogens is 361 g/mol. The van der Waals surface area contributed by atoms with Gasteiger partial charge in [0.1, 0.15) is 11.4 Å². The molecule has 0 aliphatic carbocycles. The molecule has 0 spiro atoms. The molecule has 0 saturated carbocycles. The van der Waals surface area contributed by atoms with Gasteiger partial charge in [-0.3, -0.25) is 4.79 Å². The average molecular weight is 388 g/mol. The van der Waals surface area contributed by atoms with Gasteiger partial charge in [-0.25, -0.2) is 0 Å². The van der Waals surface area contributed by atoms with E-state index in [1.165, 1.54) is 12.1 Å². The van der Waals surface area contributed by atoms with E-state index in [1.807, 2.05) is 0 Å². The summed E-state index contributed by atoms with van der Waals surface area (Å²) >= 11 is 0. The highest BCUT2D eigenvalue weighted by Crippen LogP contribution is 2.36. The fourth-order valence-corrected chi connectivity index (χ4v) is 3.04. The van der Waals surface area contributed by atoms with Crippen molar-refractivity contribution >= 4 is 5.91 Å². The van der Waals surface area contributed by atoms with Crippen LogP contribution in [0.2, 0.25) is 0 Å². The van der Waals surface area contributed by atoms with Gasteiger partial charge in [0.25, 0.3) is 0 Å². The SMILES string of the molecule is CC(C)(C)Oc1ccc(CNC(=O)C2(CN)CCOCC2)c(C(F)(F)F)c1. The summed E-state index contributed by atoms with van der Waals surface area (Å²) in [5.41, 5.74) is 3.53. The minimum absolute atomic E-state index is 0.0173. The van der Waals surface area contributed by atoms with E-state index >= 15 is 0 Å². The Morgan fingerprint density at radius 1 is 1.26 bits per heavy atom. The van der Waals surface area contributed by atoms with E-state index in [1.54, 1.807) is 20.8 Å². The maximum Gasteiger partial charge on any atom is 0.416 e. The van der Waals surface area contributed by atoms with Crippen molar-refractivity contribution in [1.82, 2.24) is 5.32 Å². The number of hydrogen-bond donors (Lipinski definition) is 2. The van der Waals surface area contributed by atoms with Crippen molar-refractivity contribution in [3.8, 4) is 5.75 Å². The van der Waals surface area contributed by atoms with E-state index in [2.05, 4.69) is 5.32 Å². The summed E-state index contributed by atoms with van der Waals surface area (Å²) in [6.45, 7) is 6.00. The second kappa shape index (κ2) is 8.06. The highest BCUT2D eigenvalue weighted by molar-refractivity contribution is 5.83. The van der Waals surface area contributed by atoms with Crippen LogP contribution < -0.4 is 15.8 Å². The number of nitrogens with one attached hydrogen (secondary N) is 1. The zero-order valence-electron chi connectivity index (χ0n) is 15.9. The number of carbonyl (C=O) groups excluding carboxylic acids is 1. The maximum absolute atomic E-state index is 13.5. The van der Waals surface area contributed by atoms with E-state index < -0.39 is 22.8 Å². The first-order chi connectivity index (χ1) is 12.5. The van der Waals surface area contributed by atoms with Crippen molar-refractivity contribution in [3.63, 3.8) is 0 Å². The molecule has 0 aromatic heterocycles. The fourth-order valence-electron chi connectivity index (χ4n) is 3.04. The van der Waals surface area contributed by atoms with E-state index in [4.69, 9.17) is 15.2 Å². The number of alkyl halides is 3. The summed E-state index contributed by atoms with van der Waals surface area (Å²) in [6, 6.07) is 3.79. The third kappa shape index (κ3) is 5.59. The third-order valence-corrected chi connectivity index (χ3v) is 4.57. The zero-order chi connectivity index (χ0) is 20.3. The van der Waals surface area contributed by atoms with E-state index in [0.29, 0.717) is 26.1 Å². The molecule has 1 aromatic carbocycles. The first-order valence-electron chi connectivity index (χ1n) is 8.92. The molecule has 1 amide bonds. The smallest absolute Gasteiger partial charge is 0.416 e. The highest BCUT2D eigenvalue weighted by Gasteiger charge is 2.39. The molecule has 3 N–H and O–H groups in total. The molecule has 0 bridgehead atoms. The number of hydrogen-bond acceptors (Lipinski definition) is 4. The predicted octanol–water partition coefficient (Wildman–Crippen LogP) is 3.25. The molecule has 27 heavy (non-hydrogen) atoms. The number of rotatable bonds is 5. The van der Waals surface area contributed by atoms with Crippen LogP contribution in [0, 0.1) is 5.41 Å². The summed E-state index contributed by atoms with van der Waals surface area (Å²) in [4.78, 5) is 12.6. The molecule has 0 unspecified atom stereocenters. The predicted molar refractivity (Wildman–Crippen MR) is 95.2 cm³/mol. The number of carbonyl (C=O) groups is 1. The molecule has 2 rings (SSSR count). The third-order valence-electron chi connectivity index (χ3n) is 4.57. The molecule has 152 valence electrons. The van der Waals surface area contributed by atoms with Gasteiger partial charge in [-0.05, 0) is 51.3 Å². The molecule has 0 radical (unpaired) electrons. The molecular formula is C19H27F3N2O3. The van der Waals surface area contributed by atoms with Gasteiger partial charge in [-0.2, -0.15) is 13.2 Å². The number of halogens is 3. The molecule has 0 atom stereocenters. The lowest BCUT2D eigenvalue weighted by molar-refractivity contribution is -0.139. The number of nitrogens with two attached hydrogens (primary N) is 1. The summed E-state index contributed by atoms with van der Waals surface area (Å²) in [7, 11) is 0. The van der Waals surface area contributed by atoms with Gasteiger partial charge < -0.3 is 20.5 Å². The molecule has 1 aliphatic rings. The fraction of sp³-hybridized carbons (Fsp3) is 0.632. The van der Waals surface area contributed by atoms with Gasteiger partial charge in [0.2, 0.25) is 5.91 Å². The first kappa shape index (κ1) is 21.5. The normalized spacial score (nSPS) is 17.4. The second-order valence-corrected chi connectivity index (χ2v) is 7.81. The molecule has 5 nitrogen and oxygen atoms in total. The summed E-state index contributed by atoms with van der Waals surface area (Å²) in [5, 5.41) is 2.63. The van der Waals surface area contributed by atoms with Crippen molar-refractivity contribution in [2.24, 2.45) is 11.1 Å². The van der Waals surface area contributed by atoms with Gasteiger partial charge in [0.05, 0.1) is 11.0 Å². The second-order valence-electron chi connectivity index (χ2n) is 7.81. The lowest BCUT2D eigenvalue weighted by Gasteiger charge is -2.34. The van der Waals surface area contributed by atoms with Crippen molar-refractivity contribution in [1.29, 1.82) is 0 Å². The highest BCUT2D eigenvalue weighted by atomic mass is 19.4. The Balaban J connectivity index is 2.18. The van der Waals surface area contributed by atoms with Crippen LogP contribution in [0.25, 0.3) is 0 Å². The van der Waals surface area contributed by atoms with Crippen molar-refractivity contribution in [2.75, 3.05) is 19.8 Å². The Morgan fingerprint density at radius 3 is 2.41 bits per heavy atom. The Kier molecular flexibility index (Phi) is 6.42. The summed E-state index contributed by atoms with van der Waals surface area (Å²) in [5.74, 6) is -0.204. The monoisotopic (exact) mass is 388 g/mol. The lowest BCUT2D eigenvalue weighted by Crippen LogP contribution is -2.49. The van der Waals surface area contributed by atoms with Crippen LogP contribution >= 0.6 is 0 Å². The van der Waals surface area contributed by atoms with Crippen molar-refractivity contribution < 1.29 is 27.4 Å². The number of amides is 1. The number of benzene rings is 1. The van der Waals surface area contributed by atoms with Gasteiger partial charge >= 0.3 is 6.18 Å².